The number of benzene rings is 2. The number of rotatable bonds is 4. The summed E-state index contributed by atoms with van der Waals surface area (Å²) in [6.45, 7) is 0.718. The molecule has 3 heteroatoms. The van der Waals surface area contributed by atoms with E-state index in [2.05, 4.69) is 10.6 Å². The van der Waals surface area contributed by atoms with Crippen molar-refractivity contribution in [1.82, 2.24) is 4.57 Å². The molecule has 0 aliphatic carbocycles. The van der Waals surface area contributed by atoms with Crippen LogP contribution in [-0.2, 0) is 6.54 Å². The summed E-state index contributed by atoms with van der Waals surface area (Å²) in [6.07, 6.45) is 2.91. The number of fused-ring (bicyclic) bond motifs is 1. The summed E-state index contributed by atoms with van der Waals surface area (Å²) >= 11 is 0. The summed E-state index contributed by atoms with van der Waals surface area (Å²) in [5.41, 5.74) is 2.86. The number of hydrogen-bond donors (Lipinski definition) is 0. The van der Waals surface area contributed by atoms with Gasteiger partial charge in [-0.3, -0.25) is 4.79 Å². The minimum Gasteiger partial charge on any atom is -0.496 e. The molecule has 0 aliphatic heterocycles. The summed E-state index contributed by atoms with van der Waals surface area (Å²) < 4.78 is 7.51. The lowest BCUT2D eigenvalue weighted by atomic mass is 10.1. The zero-order chi connectivity index (χ0) is 13.9. The number of aldehydes is 1. The Morgan fingerprint density at radius 1 is 1.15 bits per heavy atom. The van der Waals surface area contributed by atoms with Crippen LogP contribution in [0.5, 0.6) is 5.75 Å². The number of para-hydroxylation sites is 1. The van der Waals surface area contributed by atoms with Crippen LogP contribution in [0.15, 0.2) is 54.7 Å². The largest absolute Gasteiger partial charge is 0.496 e. The number of nitrogens with zero attached hydrogens (tertiary/aromatic N) is 1. The second kappa shape index (κ2) is 5.21. The van der Waals surface area contributed by atoms with Gasteiger partial charge < -0.3 is 9.30 Å². The van der Waals surface area contributed by atoms with Crippen molar-refractivity contribution in [2.45, 2.75) is 6.54 Å². The van der Waals surface area contributed by atoms with Gasteiger partial charge in [-0.25, -0.2) is 0 Å². The molecule has 3 nitrogen and oxygen atoms in total. The number of methoxy groups -OCH3 is 1. The highest BCUT2D eigenvalue weighted by atomic mass is 16.5. The van der Waals surface area contributed by atoms with Gasteiger partial charge in [-0.1, -0.05) is 30.3 Å². The molecule has 0 fully saturated rings. The minimum absolute atomic E-state index is 0.692. The lowest BCUT2D eigenvalue weighted by molar-refractivity contribution is 0.112. The van der Waals surface area contributed by atoms with E-state index >= 15 is 0 Å². The average Bonchev–Trinajstić information content (AvgIpc) is 2.90. The highest BCUT2D eigenvalue weighted by Crippen LogP contribution is 2.22. The van der Waals surface area contributed by atoms with E-state index in [1.54, 1.807) is 7.11 Å². The fourth-order valence-corrected chi connectivity index (χ4v) is 2.43. The van der Waals surface area contributed by atoms with Crippen molar-refractivity contribution in [2.24, 2.45) is 0 Å². The van der Waals surface area contributed by atoms with E-state index in [1.807, 2.05) is 48.7 Å². The molecule has 100 valence electrons. The van der Waals surface area contributed by atoms with Crippen molar-refractivity contribution in [3.05, 3.63) is 65.9 Å². The zero-order valence-corrected chi connectivity index (χ0v) is 11.2. The maximum Gasteiger partial charge on any atom is 0.150 e. The van der Waals surface area contributed by atoms with Crippen LogP contribution in [0.4, 0.5) is 0 Å². The molecule has 0 amide bonds. The van der Waals surface area contributed by atoms with Crippen molar-refractivity contribution in [3.63, 3.8) is 0 Å². The molecule has 0 bridgehead atoms. The van der Waals surface area contributed by atoms with Crippen LogP contribution in [0, 0.1) is 0 Å². The first-order valence-corrected chi connectivity index (χ1v) is 6.48. The molecule has 0 spiro atoms. The topological polar surface area (TPSA) is 31.2 Å². The lowest BCUT2D eigenvalue weighted by Gasteiger charge is -2.10. The van der Waals surface area contributed by atoms with Crippen LogP contribution >= 0.6 is 0 Å². The number of hydrogen-bond acceptors (Lipinski definition) is 2. The first kappa shape index (κ1) is 12.5. The van der Waals surface area contributed by atoms with Crippen LogP contribution in [-0.4, -0.2) is 18.0 Å². The van der Waals surface area contributed by atoms with E-state index in [0.29, 0.717) is 5.56 Å². The van der Waals surface area contributed by atoms with Crippen molar-refractivity contribution >= 4 is 17.2 Å². The van der Waals surface area contributed by atoms with E-state index < -0.39 is 0 Å². The van der Waals surface area contributed by atoms with Gasteiger partial charge in [0.1, 0.15) is 12.0 Å². The van der Waals surface area contributed by atoms with Gasteiger partial charge in [0.2, 0.25) is 0 Å². The van der Waals surface area contributed by atoms with Crippen LogP contribution < -0.4 is 4.74 Å². The molecule has 0 saturated carbocycles. The van der Waals surface area contributed by atoms with Gasteiger partial charge in [-0.2, -0.15) is 0 Å². The molecular weight excluding hydrogens is 250 g/mol. The smallest absolute Gasteiger partial charge is 0.150 e. The predicted molar refractivity (Wildman–Crippen MR) is 79.4 cm³/mol. The molecule has 3 rings (SSSR count). The molecule has 0 unspecified atom stereocenters. The molecular formula is C17H15NO2. The molecule has 0 radical (unpaired) electrons. The SMILES string of the molecule is COc1ccccc1Cn1ccc2ccc(C=O)cc21. The van der Waals surface area contributed by atoms with E-state index in [4.69, 9.17) is 4.74 Å². The summed E-state index contributed by atoms with van der Waals surface area (Å²) in [4.78, 5) is 10.9. The molecule has 1 aromatic heterocycles. The molecule has 0 aliphatic rings. The Morgan fingerprint density at radius 3 is 2.80 bits per heavy atom. The third-order valence-electron chi connectivity index (χ3n) is 3.47. The maximum absolute atomic E-state index is 10.9. The highest BCUT2D eigenvalue weighted by molar-refractivity contribution is 5.87. The third kappa shape index (κ3) is 2.18. The Labute approximate surface area is 117 Å². The van der Waals surface area contributed by atoms with Crippen LogP contribution in [0.3, 0.4) is 0 Å². The Kier molecular flexibility index (Phi) is 3.25. The first-order chi connectivity index (χ1) is 9.81. The fourth-order valence-electron chi connectivity index (χ4n) is 2.43. The average molecular weight is 265 g/mol. The maximum atomic E-state index is 10.9. The number of ether oxygens (including phenoxy) is 1. The molecule has 0 saturated heterocycles. The van der Waals surface area contributed by atoms with Crippen LogP contribution in [0.25, 0.3) is 10.9 Å². The molecule has 1 heterocycles. The zero-order valence-electron chi connectivity index (χ0n) is 11.2. The number of carbonyl (C=O) groups excluding carboxylic acids is 1. The standard InChI is InChI=1S/C17H15NO2/c1-20-17-5-3-2-4-15(17)11-18-9-8-14-7-6-13(12-19)10-16(14)18/h2-10,12H,11H2,1H3. The summed E-state index contributed by atoms with van der Waals surface area (Å²) in [7, 11) is 1.68. The van der Waals surface area contributed by atoms with Crippen LogP contribution in [0.2, 0.25) is 0 Å². The Balaban J connectivity index is 2.04. The van der Waals surface area contributed by atoms with Crippen molar-refractivity contribution < 1.29 is 9.53 Å². The van der Waals surface area contributed by atoms with Gasteiger partial charge in [-0.15, -0.1) is 0 Å². The monoisotopic (exact) mass is 265 g/mol. The van der Waals surface area contributed by atoms with Crippen molar-refractivity contribution in [1.29, 1.82) is 0 Å². The van der Waals surface area contributed by atoms with Gasteiger partial charge in [0.15, 0.2) is 0 Å². The number of aromatic nitrogens is 1. The van der Waals surface area contributed by atoms with E-state index in [0.717, 1.165) is 35.0 Å². The molecule has 2 aromatic carbocycles. The van der Waals surface area contributed by atoms with E-state index in [9.17, 15) is 4.79 Å². The summed E-state index contributed by atoms with van der Waals surface area (Å²) in [5.74, 6) is 0.876. The summed E-state index contributed by atoms with van der Waals surface area (Å²) in [6, 6.07) is 15.7. The molecule has 20 heavy (non-hydrogen) atoms. The van der Waals surface area contributed by atoms with E-state index in [1.165, 1.54) is 0 Å². The summed E-state index contributed by atoms with van der Waals surface area (Å²) in [5, 5.41) is 1.13. The van der Waals surface area contributed by atoms with Gasteiger partial charge in [0.05, 0.1) is 13.7 Å². The number of carbonyl (C=O) groups is 1. The van der Waals surface area contributed by atoms with Gasteiger partial charge in [0.25, 0.3) is 0 Å². The van der Waals surface area contributed by atoms with Gasteiger partial charge >= 0.3 is 0 Å². The predicted octanol–water partition coefficient (Wildman–Crippen LogP) is 3.51. The van der Waals surface area contributed by atoms with Gasteiger partial charge in [0, 0.05) is 22.8 Å². The Morgan fingerprint density at radius 2 is 2.00 bits per heavy atom. The fraction of sp³-hybridized carbons (Fsp3) is 0.118. The molecule has 0 N–H and O–H groups in total. The normalized spacial score (nSPS) is 10.7. The van der Waals surface area contributed by atoms with Crippen molar-refractivity contribution in [3.8, 4) is 5.75 Å². The minimum atomic E-state index is 0.692. The highest BCUT2D eigenvalue weighted by Gasteiger charge is 2.06. The first-order valence-electron chi connectivity index (χ1n) is 6.48. The van der Waals surface area contributed by atoms with E-state index in [-0.39, 0.29) is 0 Å². The molecule has 0 atom stereocenters. The third-order valence-corrected chi connectivity index (χ3v) is 3.47. The Bertz CT molecular complexity index is 759. The quantitative estimate of drug-likeness (QED) is 0.676. The Hall–Kier alpha value is -2.55. The second-order valence-corrected chi connectivity index (χ2v) is 4.69. The van der Waals surface area contributed by atoms with Gasteiger partial charge in [-0.05, 0) is 23.6 Å². The second-order valence-electron chi connectivity index (χ2n) is 4.69. The lowest BCUT2D eigenvalue weighted by Crippen LogP contribution is -2.00. The van der Waals surface area contributed by atoms with Crippen LogP contribution in [0.1, 0.15) is 15.9 Å². The molecule has 3 aromatic rings. The van der Waals surface area contributed by atoms with Crippen molar-refractivity contribution in [2.75, 3.05) is 7.11 Å².